The normalized spacial score (nSPS) is 14.1. The third kappa shape index (κ3) is 5.39. The molecule has 0 aliphatic heterocycles. The molecule has 0 radical (unpaired) electrons. The van der Waals surface area contributed by atoms with E-state index >= 15 is 0 Å². The largest absolute Gasteiger partial charge is 0.426 e. The summed E-state index contributed by atoms with van der Waals surface area (Å²) >= 11 is 0. The first-order valence-corrected chi connectivity index (χ1v) is 10.4. The van der Waals surface area contributed by atoms with Gasteiger partial charge in [-0.25, -0.2) is 4.21 Å². The van der Waals surface area contributed by atoms with Crippen molar-refractivity contribution in [3.8, 4) is 5.75 Å². The van der Waals surface area contributed by atoms with Crippen molar-refractivity contribution in [1.82, 2.24) is 0 Å². The number of ether oxygens (including phenoxy) is 1. The number of rotatable bonds is 6. The average molecular weight is 385 g/mol. The van der Waals surface area contributed by atoms with Crippen molar-refractivity contribution >= 4 is 16.8 Å². The minimum Gasteiger partial charge on any atom is -0.426 e. The average Bonchev–Trinajstić information content (AvgIpc) is 2.62. The molecule has 0 aromatic heterocycles. The molecule has 4 heteroatoms. The maximum absolute atomic E-state index is 12.8. The second kappa shape index (κ2) is 9.14. The van der Waals surface area contributed by atoms with Crippen LogP contribution < -0.4 is 4.74 Å². The van der Waals surface area contributed by atoms with E-state index in [2.05, 4.69) is 0 Å². The molecule has 27 heavy (non-hydrogen) atoms. The lowest BCUT2D eigenvalue weighted by Gasteiger charge is -2.19. The number of carbonyl (C=O) groups excluding carboxylic acids is 1. The zero-order chi connectivity index (χ0) is 20.1. The van der Waals surface area contributed by atoms with Gasteiger partial charge in [-0.2, -0.15) is 0 Å². The Hall–Kier alpha value is -2.20. The van der Waals surface area contributed by atoms with Crippen LogP contribution in [-0.2, 0) is 15.6 Å². The smallest absolute Gasteiger partial charge is 0.318 e. The van der Waals surface area contributed by atoms with Crippen LogP contribution in [0.1, 0.15) is 37.5 Å². The molecule has 144 valence electrons. The summed E-state index contributed by atoms with van der Waals surface area (Å²) in [4.78, 5) is 13.5. The van der Waals surface area contributed by atoms with Crippen LogP contribution in [0.5, 0.6) is 5.75 Å². The molecular formula is C23H28O3S. The number of hydrogen-bond donors (Lipinski definition) is 0. The lowest BCUT2D eigenvalue weighted by molar-refractivity contribution is -0.137. The van der Waals surface area contributed by atoms with E-state index in [0.717, 1.165) is 27.2 Å². The molecule has 0 bridgehead atoms. The molecule has 0 aliphatic rings. The van der Waals surface area contributed by atoms with Gasteiger partial charge in [0.2, 0.25) is 0 Å². The Kier molecular flexibility index (Phi) is 7.14. The number of carbonyl (C=O) groups is 1. The van der Waals surface area contributed by atoms with Gasteiger partial charge in [0.15, 0.2) is 0 Å². The molecule has 0 unspecified atom stereocenters. The van der Waals surface area contributed by atoms with Gasteiger partial charge in [0.25, 0.3) is 0 Å². The molecule has 2 aromatic rings. The summed E-state index contributed by atoms with van der Waals surface area (Å²) in [5.41, 5.74) is 3.79. The van der Waals surface area contributed by atoms with E-state index < -0.39 is 16.7 Å². The standard InChI is InChI=1S/C23H28O3S/c1-15(2)21(14-27(25)20-12-10-16(3)11-13-20)19(6)23(24)26-22-17(4)8-7-9-18(22)5/h7-15,19H,1-6H3/b21-14-/t19-,27+/m0/s1. The molecule has 2 aromatic carbocycles. The molecule has 2 rings (SSSR count). The predicted molar refractivity (Wildman–Crippen MR) is 111 cm³/mol. The van der Waals surface area contributed by atoms with Crippen LogP contribution >= 0.6 is 0 Å². The molecule has 0 N–H and O–H groups in total. The molecule has 3 nitrogen and oxygen atoms in total. The van der Waals surface area contributed by atoms with Crippen LogP contribution in [0.25, 0.3) is 0 Å². The van der Waals surface area contributed by atoms with Gasteiger partial charge in [0.1, 0.15) is 5.75 Å². The summed E-state index contributed by atoms with van der Waals surface area (Å²) in [6.07, 6.45) is 0. The monoisotopic (exact) mass is 384 g/mol. The Bertz CT molecular complexity index is 843. The molecule has 0 saturated heterocycles. The molecule has 2 atom stereocenters. The maximum atomic E-state index is 12.8. The first-order valence-electron chi connectivity index (χ1n) is 9.17. The van der Waals surface area contributed by atoms with Gasteiger partial charge in [-0.3, -0.25) is 4.79 Å². The van der Waals surface area contributed by atoms with E-state index in [1.165, 1.54) is 0 Å². The minimum absolute atomic E-state index is 0.0833. The van der Waals surface area contributed by atoms with Crippen LogP contribution in [-0.4, -0.2) is 10.2 Å². The lowest BCUT2D eigenvalue weighted by atomic mass is 9.93. The summed E-state index contributed by atoms with van der Waals surface area (Å²) in [5, 5.41) is 1.70. The van der Waals surface area contributed by atoms with Crippen LogP contribution in [0.4, 0.5) is 0 Å². The third-order valence-corrected chi connectivity index (χ3v) is 5.85. The Morgan fingerprint density at radius 1 is 0.963 bits per heavy atom. The Labute approximate surface area is 164 Å². The fourth-order valence-electron chi connectivity index (χ4n) is 2.89. The Balaban J connectivity index is 2.25. The van der Waals surface area contributed by atoms with E-state index in [4.69, 9.17) is 4.74 Å². The summed E-state index contributed by atoms with van der Waals surface area (Å²) < 4.78 is 18.4. The maximum Gasteiger partial charge on any atom is 0.318 e. The van der Waals surface area contributed by atoms with Gasteiger partial charge >= 0.3 is 5.97 Å². The molecular weight excluding hydrogens is 356 g/mol. The predicted octanol–water partition coefficient (Wildman–Crippen LogP) is 5.50. The van der Waals surface area contributed by atoms with Crippen molar-refractivity contribution in [1.29, 1.82) is 0 Å². The number of aryl methyl sites for hydroxylation is 3. The minimum atomic E-state index is -1.30. The first kappa shape index (κ1) is 21.1. The second-order valence-corrected chi connectivity index (χ2v) is 8.55. The number of para-hydroxylation sites is 1. The van der Waals surface area contributed by atoms with Crippen LogP contribution in [0.3, 0.4) is 0 Å². The zero-order valence-electron chi connectivity index (χ0n) is 16.9. The van der Waals surface area contributed by atoms with E-state index in [1.54, 1.807) is 5.41 Å². The quantitative estimate of drug-likeness (QED) is 0.488. The van der Waals surface area contributed by atoms with Crippen molar-refractivity contribution < 1.29 is 13.7 Å². The van der Waals surface area contributed by atoms with Gasteiger partial charge in [-0.05, 0) is 62.4 Å². The SMILES string of the molecule is Cc1ccc([S@](=O)/C=C(/C(C)C)[C@H](C)C(=O)Oc2c(C)cccc2C)cc1. The summed E-state index contributed by atoms with van der Waals surface area (Å²) in [5.74, 6) is -0.108. The summed E-state index contributed by atoms with van der Waals surface area (Å²) in [6.45, 7) is 11.7. The molecule has 0 amide bonds. The van der Waals surface area contributed by atoms with E-state index in [0.29, 0.717) is 5.75 Å². The fraction of sp³-hybridized carbons (Fsp3) is 0.348. The van der Waals surface area contributed by atoms with Crippen LogP contribution in [0, 0.1) is 32.6 Å². The molecule has 0 aliphatic carbocycles. The zero-order valence-corrected chi connectivity index (χ0v) is 17.7. The first-order chi connectivity index (χ1) is 12.7. The third-order valence-electron chi connectivity index (χ3n) is 4.63. The topological polar surface area (TPSA) is 43.4 Å². The van der Waals surface area contributed by atoms with Gasteiger partial charge in [-0.1, -0.05) is 49.7 Å². The van der Waals surface area contributed by atoms with Gasteiger partial charge in [0.05, 0.1) is 16.7 Å². The summed E-state index contributed by atoms with van der Waals surface area (Å²) in [7, 11) is -1.30. The highest BCUT2D eigenvalue weighted by molar-refractivity contribution is 7.88. The molecule has 0 spiro atoms. The molecule has 0 saturated carbocycles. The number of hydrogen-bond acceptors (Lipinski definition) is 3. The van der Waals surface area contributed by atoms with Crippen molar-refractivity contribution in [2.24, 2.45) is 11.8 Å². The number of benzene rings is 2. The highest BCUT2D eigenvalue weighted by Gasteiger charge is 2.24. The van der Waals surface area contributed by atoms with E-state index in [-0.39, 0.29) is 11.9 Å². The van der Waals surface area contributed by atoms with Crippen molar-refractivity contribution in [3.63, 3.8) is 0 Å². The number of esters is 1. The highest BCUT2D eigenvalue weighted by atomic mass is 32.2. The summed E-state index contributed by atoms with van der Waals surface area (Å²) in [6, 6.07) is 13.4. The van der Waals surface area contributed by atoms with E-state index in [9.17, 15) is 9.00 Å². The second-order valence-electron chi connectivity index (χ2n) is 7.25. The van der Waals surface area contributed by atoms with Crippen LogP contribution in [0.15, 0.2) is 58.3 Å². The van der Waals surface area contributed by atoms with Gasteiger partial charge in [-0.15, -0.1) is 0 Å². The lowest BCUT2D eigenvalue weighted by Crippen LogP contribution is -2.23. The Morgan fingerprint density at radius 2 is 1.52 bits per heavy atom. The van der Waals surface area contributed by atoms with Crippen LogP contribution in [0.2, 0.25) is 0 Å². The molecule has 0 heterocycles. The van der Waals surface area contributed by atoms with Gasteiger partial charge in [0, 0.05) is 10.3 Å². The highest BCUT2D eigenvalue weighted by Crippen LogP contribution is 2.27. The van der Waals surface area contributed by atoms with E-state index in [1.807, 2.05) is 84.0 Å². The fourth-order valence-corrected chi connectivity index (χ4v) is 4.15. The van der Waals surface area contributed by atoms with Crippen molar-refractivity contribution in [2.45, 2.75) is 46.4 Å². The molecule has 0 fully saturated rings. The Morgan fingerprint density at radius 3 is 2.04 bits per heavy atom. The van der Waals surface area contributed by atoms with Gasteiger partial charge < -0.3 is 4.74 Å². The van der Waals surface area contributed by atoms with Crippen molar-refractivity contribution in [3.05, 3.63) is 70.1 Å². The van der Waals surface area contributed by atoms with Crippen molar-refractivity contribution in [2.75, 3.05) is 0 Å².